The number of ether oxygens (including phenoxy) is 2. The van der Waals surface area contributed by atoms with Gasteiger partial charge in [-0.15, -0.1) is 0 Å². The Balaban J connectivity index is 1.74. The number of hydrogen-bond donors (Lipinski definition) is 1. The molecule has 34 heavy (non-hydrogen) atoms. The van der Waals surface area contributed by atoms with Crippen molar-refractivity contribution in [1.29, 1.82) is 0 Å². The summed E-state index contributed by atoms with van der Waals surface area (Å²) in [5, 5.41) is 3.26. The van der Waals surface area contributed by atoms with E-state index < -0.39 is 5.97 Å². The molecule has 0 spiro atoms. The summed E-state index contributed by atoms with van der Waals surface area (Å²) >= 11 is 6.11. The quantitative estimate of drug-likeness (QED) is 0.437. The van der Waals surface area contributed by atoms with Gasteiger partial charge in [0.15, 0.2) is 13.1 Å². The molecule has 0 atom stereocenters. The third kappa shape index (κ3) is 7.05. The van der Waals surface area contributed by atoms with Crippen molar-refractivity contribution < 1.29 is 28.3 Å². The molecule has 1 aliphatic heterocycles. The monoisotopic (exact) mass is 487 g/mol. The minimum atomic E-state index is -0.580. The number of benzene rings is 2. The fraction of sp³-hybridized carbons (Fsp3) is 0.423. The molecular weight excluding hydrogens is 456 g/mol. The van der Waals surface area contributed by atoms with Crippen LogP contribution in [0.1, 0.15) is 47.2 Å². The average molecular weight is 488 g/mol. The van der Waals surface area contributed by atoms with E-state index in [1.165, 1.54) is 13.2 Å². The van der Waals surface area contributed by atoms with E-state index in [0.29, 0.717) is 20.8 Å². The van der Waals surface area contributed by atoms with Crippen molar-refractivity contribution in [3.8, 4) is 0 Å². The first-order chi connectivity index (χ1) is 16.3. The predicted molar refractivity (Wildman–Crippen MR) is 131 cm³/mol. The van der Waals surface area contributed by atoms with Crippen LogP contribution in [0.5, 0.6) is 0 Å². The maximum atomic E-state index is 13.2. The summed E-state index contributed by atoms with van der Waals surface area (Å²) in [6, 6.07) is 12.7. The van der Waals surface area contributed by atoms with E-state index in [2.05, 4.69) is 5.32 Å². The third-order valence-electron chi connectivity index (χ3n) is 6.17. The molecule has 0 aliphatic carbocycles. The number of esters is 2. The van der Waals surface area contributed by atoms with E-state index in [4.69, 9.17) is 21.1 Å². The number of aryl methyl sites for hydroxylation is 1. The van der Waals surface area contributed by atoms with Crippen molar-refractivity contribution in [2.45, 2.75) is 39.2 Å². The number of halogens is 1. The Morgan fingerprint density at radius 2 is 1.68 bits per heavy atom. The van der Waals surface area contributed by atoms with Gasteiger partial charge in [-0.25, -0.2) is 9.59 Å². The lowest BCUT2D eigenvalue weighted by Gasteiger charge is -2.36. The molecule has 0 radical (unpaired) electrons. The highest BCUT2D eigenvalue weighted by Gasteiger charge is 2.35. The van der Waals surface area contributed by atoms with Gasteiger partial charge in [-0.2, -0.15) is 0 Å². The highest BCUT2D eigenvalue weighted by atomic mass is 35.5. The SMILES string of the molecule is COC(=O)c1cc(Cl)cc(C)c1NC(=O)C[N+]1(CC(=O)OCc2ccccc2)CCCCCC1. The van der Waals surface area contributed by atoms with E-state index >= 15 is 0 Å². The summed E-state index contributed by atoms with van der Waals surface area (Å²) in [7, 11) is 1.28. The number of hydrogen-bond acceptors (Lipinski definition) is 5. The van der Waals surface area contributed by atoms with Crippen LogP contribution in [0.3, 0.4) is 0 Å². The van der Waals surface area contributed by atoms with E-state index in [1.54, 1.807) is 13.0 Å². The minimum Gasteiger partial charge on any atom is -0.465 e. The standard InChI is InChI=1S/C26H31ClN2O5/c1-19-14-21(27)15-22(26(32)33-2)25(19)28-23(30)16-29(12-8-3-4-9-13-29)17-24(31)34-18-20-10-6-5-7-11-20/h5-7,10-11,14-15H,3-4,8-9,12-13,16-18H2,1-2H3/p+1. The van der Waals surface area contributed by atoms with E-state index in [0.717, 1.165) is 44.3 Å². The molecule has 1 N–H and O–H groups in total. The van der Waals surface area contributed by atoms with Crippen molar-refractivity contribution in [2.24, 2.45) is 0 Å². The summed E-state index contributed by atoms with van der Waals surface area (Å²) in [4.78, 5) is 38.2. The molecular formula is C26H32ClN2O5+. The summed E-state index contributed by atoms with van der Waals surface area (Å²) in [5.41, 5.74) is 2.15. The molecule has 0 saturated carbocycles. The highest BCUT2D eigenvalue weighted by molar-refractivity contribution is 6.31. The second kappa shape index (κ2) is 12.0. The van der Waals surface area contributed by atoms with Crippen molar-refractivity contribution in [1.82, 2.24) is 0 Å². The minimum absolute atomic E-state index is 0.114. The molecule has 0 aromatic heterocycles. The Morgan fingerprint density at radius 1 is 1.00 bits per heavy atom. The number of rotatable bonds is 8. The van der Waals surface area contributed by atoms with Crippen LogP contribution in [-0.2, 0) is 25.7 Å². The zero-order chi connectivity index (χ0) is 24.6. The van der Waals surface area contributed by atoms with Gasteiger partial charge in [-0.3, -0.25) is 4.79 Å². The van der Waals surface area contributed by atoms with Gasteiger partial charge in [0.1, 0.15) is 6.61 Å². The van der Waals surface area contributed by atoms with Crippen LogP contribution >= 0.6 is 11.6 Å². The van der Waals surface area contributed by atoms with E-state index in [1.807, 2.05) is 30.3 Å². The average Bonchev–Trinajstić information content (AvgIpc) is 3.04. The smallest absolute Gasteiger partial charge is 0.362 e. The second-order valence-corrected chi connectivity index (χ2v) is 9.29. The molecule has 0 bridgehead atoms. The summed E-state index contributed by atoms with van der Waals surface area (Å²) in [6.07, 6.45) is 4.02. The summed E-state index contributed by atoms with van der Waals surface area (Å²) in [6.45, 7) is 3.66. The number of methoxy groups -OCH3 is 1. The van der Waals surface area contributed by atoms with Crippen LogP contribution in [0, 0.1) is 6.92 Å². The highest BCUT2D eigenvalue weighted by Crippen LogP contribution is 2.27. The molecule has 7 nitrogen and oxygen atoms in total. The second-order valence-electron chi connectivity index (χ2n) is 8.85. The van der Waals surface area contributed by atoms with Crippen LogP contribution in [-0.4, -0.2) is 55.6 Å². The number of amides is 1. The van der Waals surface area contributed by atoms with E-state index in [-0.39, 0.29) is 37.1 Å². The number of anilines is 1. The van der Waals surface area contributed by atoms with Gasteiger partial charge in [0.2, 0.25) is 0 Å². The first-order valence-electron chi connectivity index (χ1n) is 11.5. The molecule has 1 fully saturated rings. The van der Waals surface area contributed by atoms with Gasteiger partial charge in [-0.05, 0) is 55.9 Å². The first-order valence-corrected chi connectivity index (χ1v) is 11.9. The van der Waals surface area contributed by atoms with Crippen molar-refractivity contribution in [2.75, 3.05) is 38.6 Å². The zero-order valence-electron chi connectivity index (χ0n) is 19.8. The Bertz CT molecular complexity index is 1020. The van der Waals surface area contributed by atoms with Gasteiger partial charge in [0, 0.05) is 5.02 Å². The fourth-order valence-electron chi connectivity index (χ4n) is 4.45. The number of likely N-dealkylation sites (tertiary alicyclic amines) is 1. The maximum Gasteiger partial charge on any atom is 0.362 e. The number of quaternary nitrogens is 1. The van der Waals surface area contributed by atoms with Crippen molar-refractivity contribution in [3.63, 3.8) is 0 Å². The first kappa shape index (κ1) is 25.7. The fourth-order valence-corrected chi connectivity index (χ4v) is 4.73. The maximum absolute atomic E-state index is 13.2. The van der Waals surface area contributed by atoms with Crippen LogP contribution < -0.4 is 5.32 Å². The topological polar surface area (TPSA) is 81.7 Å². The van der Waals surface area contributed by atoms with Crippen LogP contribution in [0.25, 0.3) is 0 Å². The van der Waals surface area contributed by atoms with Gasteiger partial charge in [0.05, 0.1) is 31.5 Å². The van der Waals surface area contributed by atoms with Gasteiger partial charge in [0.25, 0.3) is 5.91 Å². The molecule has 3 rings (SSSR count). The molecule has 182 valence electrons. The Morgan fingerprint density at radius 3 is 2.32 bits per heavy atom. The van der Waals surface area contributed by atoms with Crippen LogP contribution in [0.2, 0.25) is 5.02 Å². The molecule has 8 heteroatoms. The van der Waals surface area contributed by atoms with Crippen molar-refractivity contribution in [3.05, 3.63) is 64.2 Å². The normalized spacial score (nSPS) is 15.1. The molecule has 1 heterocycles. The molecule has 0 unspecified atom stereocenters. The lowest BCUT2D eigenvalue weighted by molar-refractivity contribution is -0.913. The van der Waals surface area contributed by atoms with Gasteiger partial charge in [-0.1, -0.05) is 41.9 Å². The Kier molecular flexibility index (Phi) is 9.07. The number of carbonyl (C=O) groups is 3. The molecule has 1 saturated heterocycles. The predicted octanol–water partition coefficient (Wildman–Crippen LogP) is 4.51. The molecule has 1 aliphatic rings. The van der Waals surface area contributed by atoms with Crippen LogP contribution in [0.15, 0.2) is 42.5 Å². The van der Waals surface area contributed by atoms with E-state index in [9.17, 15) is 14.4 Å². The lowest BCUT2D eigenvalue weighted by Crippen LogP contribution is -2.55. The lowest BCUT2D eigenvalue weighted by atomic mass is 10.1. The summed E-state index contributed by atoms with van der Waals surface area (Å²) in [5.74, 6) is -1.17. The zero-order valence-corrected chi connectivity index (χ0v) is 20.5. The van der Waals surface area contributed by atoms with Gasteiger partial charge >= 0.3 is 11.9 Å². The molecule has 2 aromatic carbocycles. The number of nitrogens with one attached hydrogen (secondary N) is 1. The Labute approximate surface area is 205 Å². The number of carbonyl (C=O) groups excluding carboxylic acids is 3. The largest absolute Gasteiger partial charge is 0.465 e. The summed E-state index contributed by atoms with van der Waals surface area (Å²) < 4.78 is 10.7. The third-order valence-corrected chi connectivity index (χ3v) is 6.39. The molecule has 1 amide bonds. The van der Waals surface area contributed by atoms with Gasteiger partial charge < -0.3 is 19.3 Å². The molecule has 2 aromatic rings. The Hall–Kier alpha value is -2.90. The van der Waals surface area contributed by atoms with Crippen LogP contribution in [0.4, 0.5) is 5.69 Å². The van der Waals surface area contributed by atoms with Crippen molar-refractivity contribution >= 4 is 35.1 Å². The number of nitrogens with zero attached hydrogens (tertiary/aromatic N) is 1.